The summed E-state index contributed by atoms with van der Waals surface area (Å²) in [5.74, 6) is -1.44. The summed E-state index contributed by atoms with van der Waals surface area (Å²) in [6, 6.07) is 9.44. The van der Waals surface area contributed by atoms with Crippen molar-refractivity contribution in [2.45, 2.75) is 19.8 Å². The van der Waals surface area contributed by atoms with Crippen LogP contribution in [0, 0.1) is 11.7 Å². The van der Waals surface area contributed by atoms with E-state index >= 15 is 0 Å². The van der Waals surface area contributed by atoms with Crippen LogP contribution in [0.4, 0.5) is 4.39 Å². The van der Waals surface area contributed by atoms with E-state index in [-0.39, 0.29) is 42.5 Å². The monoisotopic (exact) mass is 499 g/mol. The number of thiophene rings is 1. The van der Waals surface area contributed by atoms with Crippen molar-refractivity contribution < 1.29 is 23.5 Å². The quantitative estimate of drug-likeness (QED) is 0.464. The second-order valence-electron chi connectivity index (χ2n) is 8.22. The Morgan fingerprint density at radius 2 is 2.00 bits per heavy atom. The second-order valence-corrected chi connectivity index (χ2v) is 9.16. The number of piperidine rings is 1. The number of nitrogens with zero attached hydrogens (tertiary/aromatic N) is 5. The standard InChI is InChI=1S/C24H26FN5O4S/c1-3-34-24(33)16-6-4-12-29(14-16)20(31)15-28(2)23(32)21-26-22(19-7-5-13-35-19)30(27-21)18-10-8-17(25)9-11-18/h5,7-11,13,16H,3-4,6,12,14-15H2,1-2H3. The molecule has 1 aromatic carbocycles. The van der Waals surface area contributed by atoms with Crippen molar-refractivity contribution in [2.24, 2.45) is 5.92 Å². The third kappa shape index (κ3) is 5.56. The number of aromatic nitrogens is 3. The molecule has 0 bridgehead atoms. The minimum absolute atomic E-state index is 0.0731. The molecule has 0 N–H and O–H groups in total. The normalized spacial score (nSPS) is 15.6. The number of ether oxygens (including phenoxy) is 1. The number of hydrogen-bond acceptors (Lipinski definition) is 7. The largest absolute Gasteiger partial charge is 0.466 e. The van der Waals surface area contributed by atoms with E-state index in [4.69, 9.17) is 4.74 Å². The third-order valence-corrected chi connectivity index (χ3v) is 6.59. The number of halogens is 1. The lowest BCUT2D eigenvalue weighted by Gasteiger charge is -2.32. The van der Waals surface area contributed by atoms with Gasteiger partial charge in [0.15, 0.2) is 5.82 Å². The van der Waals surface area contributed by atoms with E-state index in [2.05, 4.69) is 10.1 Å². The summed E-state index contributed by atoms with van der Waals surface area (Å²) in [7, 11) is 1.51. The average molecular weight is 500 g/mol. The van der Waals surface area contributed by atoms with E-state index in [0.29, 0.717) is 37.5 Å². The first-order valence-electron chi connectivity index (χ1n) is 11.3. The van der Waals surface area contributed by atoms with Crippen LogP contribution in [-0.2, 0) is 14.3 Å². The van der Waals surface area contributed by atoms with E-state index in [1.165, 1.54) is 40.1 Å². The topological polar surface area (TPSA) is 97.6 Å². The van der Waals surface area contributed by atoms with Gasteiger partial charge in [-0.15, -0.1) is 16.4 Å². The Hall–Kier alpha value is -3.60. The summed E-state index contributed by atoms with van der Waals surface area (Å²) in [4.78, 5) is 46.2. The second kappa shape index (κ2) is 10.8. The summed E-state index contributed by atoms with van der Waals surface area (Å²) in [6.07, 6.45) is 1.37. The SMILES string of the molecule is CCOC(=O)C1CCCN(C(=O)CN(C)C(=O)c2nc(-c3cccs3)n(-c3ccc(F)cc3)n2)C1. The zero-order valence-electron chi connectivity index (χ0n) is 19.5. The molecule has 11 heteroatoms. The van der Waals surface area contributed by atoms with Crippen LogP contribution in [0.25, 0.3) is 16.4 Å². The van der Waals surface area contributed by atoms with E-state index in [1.807, 2.05) is 17.5 Å². The van der Waals surface area contributed by atoms with Crippen LogP contribution in [-0.4, -0.2) is 75.6 Å². The minimum atomic E-state index is -0.518. The number of benzene rings is 1. The van der Waals surface area contributed by atoms with Crippen LogP contribution in [0.1, 0.15) is 30.4 Å². The molecule has 4 rings (SSSR count). The zero-order chi connectivity index (χ0) is 24.9. The van der Waals surface area contributed by atoms with Crippen molar-refractivity contribution in [2.75, 3.05) is 33.3 Å². The highest BCUT2D eigenvalue weighted by Gasteiger charge is 2.31. The smallest absolute Gasteiger partial charge is 0.310 e. The van der Waals surface area contributed by atoms with Gasteiger partial charge in [0.2, 0.25) is 11.7 Å². The van der Waals surface area contributed by atoms with Crippen molar-refractivity contribution in [3.05, 3.63) is 53.4 Å². The first-order valence-corrected chi connectivity index (χ1v) is 12.2. The fraction of sp³-hybridized carbons (Fsp3) is 0.375. The van der Waals surface area contributed by atoms with Gasteiger partial charge in [0, 0.05) is 20.1 Å². The fourth-order valence-corrected chi connectivity index (χ4v) is 4.63. The van der Waals surface area contributed by atoms with Crippen LogP contribution in [0.15, 0.2) is 41.8 Å². The average Bonchev–Trinajstić information content (AvgIpc) is 3.54. The van der Waals surface area contributed by atoms with Gasteiger partial charge < -0.3 is 14.5 Å². The molecule has 1 aliphatic heterocycles. The molecule has 1 saturated heterocycles. The van der Waals surface area contributed by atoms with Crippen LogP contribution < -0.4 is 0 Å². The maximum absolute atomic E-state index is 13.4. The predicted molar refractivity (Wildman–Crippen MR) is 128 cm³/mol. The Morgan fingerprint density at radius 1 is 1.23 bits per heavy atom. The zero-order valence-corrected chi connectivity index (χ0v) is 20.3. The Kier molecular flexibility index (Phi) is 7.54. The molecule has 1 fully saturated rings. The van der Waals surface area contributed by atoms with Gasteiger partial charge in [0.1, 0.15) is 5.82 Å². The molecule has 0 spiro atoms. The van der Waals surface area contributed by atoms with E-state index in [9.17, 15) is 18.8 Å². The highest BCUT2D eigenvalue weighted by molar-refractivity contribution is 7.13. The third-order valence-electron chi connectivity index (χ3n) is 5.72. The fourth-order valence-electron chi connectivity index (χ4n) is 3.93. The van der Waals surface area contributed by atoms with Crippen LogP contribution in [0.2, 0.25) is 0 Å². The molecule has 35 heavy (non-hydrogen) atoms. The van der Waals surface area contributed by atoms with Gasteiger partial charge in [-0.25, -0.2) is 14.1 Å². The summed E-state index contributed by atoms with van der Waals surface area (Å²) < 4.78 is 20.0. The Bertz CT molecular complexity index is 1200. The molecule has 184 valence electrons. The van der Waals surface area contributed by atoms with Crippen LogP contribution in [0.5, 0.6) is 0 Å². The number of likely N-dealkylation sites (N-methyl/N-ethyl adjacent to an activating group) is 1. The number of likely N-dealkylation sites (tertiary alicyclic amines) is 1. The highest BCUT2D eigenvalue weighted by atomic mass is 32.1. The molecule has 1 atom stereocenters. The van der Waals surface area contributed by atoms with Crippen molar-refractivity contribution in [3.8, 4) is 16.4 Å². The molecule has 1 aliphatic rings. The maximum atomic E-state index is 13.4. The highest BCUT2D eigenvalue weighted by Crippen LogP contribution is 2.26. The summed E-state index contributed by atoms with van der Waals surface area (Å²) >= 11 is 1.44. The number of carbonyl (C=O) groups excluding carboxylic acids is 3. The summed E-state index contributed by atoms with van der Waals surface area (Å²) in [5, 5.41) is 6.26. The molecule has 9 nitrogen and oxygen atoms in total. The lowest BCUT2D eigenvalue weighted by molar-refractivity contribution is -0.151. The Balaban J connectivity index is 1.50. The van der Waals surface area contributed by atoms with Gasteiger partial charge in [-0.3, -0.25) is 14.4 Å². The van der Waals surface area contributed by atoms with Crippen molar-refractivity contribution in [3.63, 3.8) is 0 Å². The Labute approximate surface area is 206 Å². The molecule has 2 amide bonds. The molecule has 1 unspecified atom stereocenters. The van der Waals surface area contributed by atoms with E-state index < -0.39 is 5.91 Å². The number of carbonyl (C=O) groups is 3. The van der Waals surface area contributed by atoms with Gasteiger partial charge >= 0.3 is 5.97 Å². The van der Waals surface area contributed by atoms with Gasteiger partial charge in [0.25, 0.3) is 5.91 Å². The molecule has 3 heterocycles. The van der Waals surface area contributed by atoms with Gasteiger partial charge in [-0.2, -0.15) is 0 Å². The van der Waals surface area contributed by atoms with Crippen LogP contribution in [0.3, 0.4) is 0 Å². The van der Waals surface area contributed by atoms with E-state index in [1.54, 1.807) is 24.0 Å². The molecule has 3 aromatic rings. The predicted octanol–water partition coefficient (Wildman–Crippen LogP) is 3.01. The van der Waals surface area contributed by atoms with Gasteiger partial charge in [-0.1, -0.05) is 6.07 Å². The maximum Gasteiger partial charge on any atom is 0.310 e. The lowest BCUT2D eigenvalue weighted by Crippen LogP contribution is -2.47. The number of hydrogen-bond donors (Lipinski definition) is 0. The summed E-state index contributed by atoms with van der Waals surface area (Å²) in [5.41, 5.74) is 0.554. The molecule has 0 radical (unpaired) electrons. The van der Waals surface area contributed by atoms with Crippen LogP contribution >= 0.6 is 11.3 Å². The number of amides is 2. The number of esters is 1. The molecule has 0 aliphatic carbocycles. The molecule has 2 aromatic heterocycles. The van der Waals surface area contributed by atoms with E-state index in [0.717, 1.165) is 4.88 Å². The first kappa shape index (κ1) is 24.5. The van der Waals surface area contributed by atoms with Crippen molar-refractivity contribution in [1.82, 2.24) is 24.6 Å². The molecule has 0 saturated carbocycles. The first-order chi connectivity index (χ1) is 16.9. The molecular weight excluding hydrogens is 473 g/mol. The minimum Gasteiger partial charge on any atom is -0.466 e. The van der Waals surface area contributed by atoms with Gasteiger partial charge in [0.05, 0.1) is 29.6 Å². The van der Waals surface area contributed by atoms with Crippen molar-refractivity contribution >= 4 is 29.1 Å². The number of rotatable bonds is 7. The lowest BCUT2D eigenvalue weighted by atomic mass is 9.98. The van der Waals surface area contributed by atoms with Crippen molar-refractivity contribution in [1.29, 1.82) is 0 Å². The van der Waals surface area contributed by atoms with Gasteiger partial charge in [-0.05, 0) is 55.5 Å². The summed E-state index contributed by atoms with van der Waals surface area (Å²) in [6.45, 7) is 2.68. The molecular formula is C24H26FN5O4S. The Morgan fingerprint density at radius 3 is 2.69 bits per heavy atom.